The third-order valence-electron chi connectivity index (χ3n) is 8.11. The standard InChI is InChI=1S/C60H63NO2/c1-61(2)55-54-56-48-42-36-31-27-23-19-15-14-18-22-26-30-34-41-47-53-59(60(62)63-3)58-52-46-40-33-29-25-21-17-13-11-9-7-5-4-6-8-10-12-16-20-24-28-32-38-44-50-57(58)51-45-39-35-37-43-49-56/h4-53H,54-55H2,1-3H3/b5-4?,6-4?,7-5?,8-6?,9-7?,10-8?,11-9?,12-10?,13-11?,15-14?,16-12?,17-13?,18-14-,19-15-,20-16?,21-17?,22-18?,23-19?,24-20?,25-21?,26-22?,27-23-,28-24?,29-25?,30-26?,31-27?,32-28?,33-29?,34-30?,36-31?,37-35?,38-32?,39-35?,40-33?,41-34?,42-36?,43-37?,44-38?,45-39?,46-40?,47-41?,48-42?,49-43?,50-44?,51-45?,52-46?,53-47?,56-48?,56-49?,57-50?,57-51?,58-52?,58-57?,59-53?,59-58?. The van der Waals surface area contributed by atoms with E-state index < -0.39 is 5.97 Å². The average molecular weight is 830 g/mol. The average Bonchev–Trinajstić information content (AvgIpc) is 3.28. The van der Waals surface area contributed by atoms with Crippen LogP contribution >= 0.6 is 0 Å². The third-order valence-corrected chi connectivity index (χ3v) is 8.11. The van der Waals surface area contributed by atoms with Crippen LogP contribution in [0.1, 0.15) is 6.42 Å². The molecule has 0 aromatic carbocycles. The first-order valence-electron chi connectivity index (χ1n) is 21.0. The molecule has 3 heteroatoms. The Kier molecular flexibility index (Phi) is 31.6. The minimum Gasteiger partial charge on any atom is -0.465 e. The molecule has 0 aliphatic heterocycles. The summed E-state index contributed by atoms with van der Waals surface area (Å²) in [4.78, 5) is 15.7. The first-order chi connectivity index (χ1) is 31.1. The van der Waals surface area contributed by atoms with E-state index >= 15 is 0 Å². The maximum Gasteiger partial charge on any atom is 0.338 e. The number of methoxy groups -OCH3 is 1. The zero-order valence-electron chi connectivity index (χ0n) is 37.0. The number of carbonyl (C=O) groups excluding carboxylic acids is 1. The van der Waals surface area contributed by atoms with Crippen LogP contribution in [-0.4, -0.2) is 38.6 Å². The van der Waals surface area contributed by atoms with Crippen LogP contribution in [0.3, 0.4) is 0 Å². The van der Waals surface area contributed by atoms with Crippen molar-refractivity contribution in [3.05, 3.63) is 326 Å². The van der Waals surface area contributed by atoms with Crippen molar-refractivity contribution in [3.63, 3.8) is 0 Å². The molecule has 0 N–H and O–H groups in total. The highest BCUT2D eigenvalue weighted by atomic mass is 16.5. The predicted molar refractivity (Wildman–Crippen MR) is 278 cm³/mol. The van der Waals surface area contributed by atoms with Crippen LogP contribution in [0.2, 0.25) is 0 Å². The third kappa shape index (κ3) is 30.1. The largest absolute Gasteiger partial charge is 0.465 e. The van der Waals surface area contributed by atoms with E-state index in [2.05, 4.69) is 43.3 Å². The molecule has 0 unspecified atom stereocenters. The van der Waals surface area contributed by atoms with Crippen molar-refractivity contribution in [3.8, 4) is 0 Å². The van der Waals surface area contributed by atoms with Gasteiger partial charge in [0, 0.05) is 6.54 Å². The van der Waals surface area contributed by atoms with Gasteiger partial charge in [-0.25, -0.2) is 4.79 Å². The summed E-state index contributed by atoms with van der Waals surface area (Å²) in [6.07, 6.45) is 99.7. The topological polar surface area (TPSA) is 29.5 Å². The van der Waals surface area contributed by atoms with Gasteiger partial charge in [-0.3, -0.25) is 0 Å². The predicted octanol–water partition coefficient (Wildman–Crippen LogP) is 14.6. The van der Waals surface area contributed by atoms with Crippen molar-refractivity contribution in [2.24, 2.45) is 0 Å². The molecule has 2 rings (SSSR count). The molecule has 0 saturated heterocycles. The number of nitrogens with zero attached hydrogens (tertiary/aromatic N) is 1. The van der Waals surface area contributed by atoms with Crippen LogP contribution < -0.4 is 0 Å². The second kappa shape index (κ2) is 38.6. The minimum absolute atomic E-state index is 0.400. The van der Waals surface area contributed by atoms with Gasteiger partial charge in [0.25, 0.3) is 0 Å². The Labute approximate surface area is 379 Å². The fraction of sp³-hybridized carbons (Fsp3) is 0.0833. The fourth-order valence-corrected chi connectivity index (χ4v) is 4.95. The Bertz CT molecular complexity index is 2220. The number of carbonyl (C=O) groups is 1. The van der Waals surface area contributed by atoms with Crippen molar-refractivity contribution in [2.75, 3.05) is 27.7 Å². The smallest absolute Gasteiger partial charge is 0.338 e. The lowest BCUT2D eigenvalue weighted by Gasteiger charge is -2.11. The monoisotopic (exact) mass is 829 g/mol. The number of ether oxygens (including phenoxy) is 1. The summed E-state index contributed by atoms with van der Waals surface area (Å²) in [6.45, 7) is 0.948. The molecule has 0 saturated carbocycles. The Morgan fingerprint density at radius 3 is 1.00 bits per heavy atom. The van der Waals surface area contributed by atoms with Gasteiger partial charge in [-0.1, -0.05) is 298 Å². The number of hydrogen-bond acceptors (Lipinski definition) is 3. The summed E-state index contributed by atoms with van der Waals surface area (Å²) in [6, 6.07) is 0. The van der Waals surface area contributed by atoms with Crippen molar-refractivity contribution in [1.29, 1.82) is 0 Å². The van der Waals surface area contributed by atoms with Crippen molar-refractivity contribution < 1.29 is 9.53 Å². The highest BCUT2D eigenvalue weighted by Crippen LogP contribution is 2.23. The summed E-state index contributed by atoms with van der Waals surface area (Å²) < 4.78 is 5.33. The Balaban J connectivity index is 2.72. The molecule has 320 valence electrons. The molecule has 0 heterocycles. The summed E-state index contributed by atoms with van der Waals surface area (Å²) in [5.74, 6) is -0.455. The Morgan fingerprint density at radius 1 is 0.365 bits per heavy atom. The molecule has 0 bridgehead atoms. The van der Waals surface area contributed by atoms with Crippen molar-refractivity contribution in [2.45, 2.75) is 6.42 Å². The van der Waals surface area contributed by atoms with Gasteiger partial charge in [0.05, 0.1) is 12.7 Å². The van der Waals surface area contributed by atoms with E-state index in [4.69, 9.17) is 4.74 Å². The van der Waals surface area contributed by atoms with Gasteiger partial charge in [0.1, 0.15) is 0 Å². The normalized spacial score (nSPS) is 17.9. The molecule has 0 aromatic heterocycles. The first kappa shape index (κ1) is 51.6. The van der Waals surface area contributed by atoms with E-state index in [9.17, 15) is 4.79 Å². The summed E-state index contributed by atoms with van der Waals surface area (Å²) >= 11 is 0. The van der Waals surface area contributed by atoms with Crippen LogP contribution in [0.15, 0.2) is 326 Å². The van der Waals surface area contributed by atoms with Gasteiger partial charge in [0.15, 0.2) is 0 Å². The number of allylic oxidation sites excluding steroid dienone is 51. The highest BCUT2D eigenvalue weighted by molar-refractivity contribution is 5.96. The van der Waals surface area contributed by atoms with Gasteiger partial charge in [-0.2, -0.15) is 0 Å². The fourth-order valence-electron chi connectivity index (χ4n) is 4.95. The van der Waals surface area contributed by atoms with Gasteiger partial charge in [-0.05, 0) is 43.3 Å². The minimum atomic E-state index is -0.455. The number of rotatable bonds is 4. The quantitative estimate of drug-likeness (QED) is 0.264. The maximum atomic E-state index is 13.5. The van der Waals surface area contributed by atoms with E-state index in [1.54, 1.807) is 6.08 Å². The van der Waals surface area contributed by atoms with E-state index in [0.29, 0.717) is 11.1 Å². The molecule has 3 nitrogen and oxygen atoms in total. The van der Waals surface area contributed by atoms with Crippen LogP contribution in [0.5, 0.6) is 0 Å². The number of esters is 1. The first-order valence-corrected chi connectivity index (χ1v) is 21.0. The second-order valence-electron chi connectivity index (χ2n) is 13.4. The van der Waals surface area contributed by atoms with E-state index in [0.717, 1.165) is 18.5 Å². The molecule has 0 radical (unpaired) electrons. The lowest BCUT2D eigenvalue weighted by atomic mass is 9.95. The SMILES string of the molecule is COC(=O)C1=CC=CC=CC=C\C=C/C=C\C=C/C=CC=CC(CCN(C)C)=CC=CC=CC=CC2=CC=CC=CC=CC=CC=CC=CC=CC=CC=CC=CC=CC=CC=C21. The van der Waals surface area contributed by atoms with E-state index in [1.807, 2.05) is 273 Å². The second-order valence-corrected chi connectivity index (χ2v) is 13.4. The lowest BCUT2D eigenvalue weighted by molar-refractivity contribution is -0.135. The zero-order chi connectivity index (χ0) is 44.9. The Morgan fingerprint density at radius 2 is 0.651 bits per heavy atom. The van der Waals surface area contributed by atoms with Gasteiger partial charge < -0.3 is 9.64 Å². The summed E-state index contributed by atoms with van der Waals surface area (Å²) in [5.41, 5.74) is 3.11. The molecular weight excluding hydrogens is 767 g/mol. The summed E-state index contributed by atoms with van der Waals surface area (Å²) in [7, 11) is 5.57. The number of hydrogen-bond donors (Lipinski definition) is 0. The van der Waals surface area contributed by atoms with Crippen LogP contribution in [-0.2, 0) is 9.53 Å². The molecule has 0 fully saturated rings. The van der Waals surface area contributed by atoms with E-state index in [1.165, 1.54) is 12.7 Å². The molecule has 2 aliphatic carbocycles. The molecule has 2 aliphatic rings. The number of fused-ring (bicyclic) bond motifs is 1. The zero-order valence-corrected chi connectivity index (χ0v) is 37.0. The van der Waals surface area contributed by atoms with Gasteiger partial charge in [-0.15, -0.1) is 0 Å². The molecule has 0 aromatic rings. The molecule has 0 amide bonds. The Hall–Kier alpha value is -7.59. The van der Waals surface area contributed by atoms with Crippen LogP contribution in [0.25, 0.3) is 0 Å². The van der Waals surface area contributed by atoms with Crippen molar-refractivity contribution in [1.82, 2.24) is 4.90 Å². The maximum absolute atomic E-state index is 13.5. The van der Waals surface area contributed by atoms with Crippen LogP contribution in [0.4, 0.5) is 0 Å². The highest BCUT2D eigenvalue weighted by Gasteiger charge is 2.16. The van der Waals surface area contributed by atoms with E-state index in [-0.39, 0.29) is 0 Å². The van der Waals surface area contributed by atoms with Crippen molar-refractivity contribution >= 4 is 5.97 Å². The molecule has 0 atom stereocenters. The van der Waals surface area contributed by atoms with Gasteiger partial charge >= 0.3 is 5.97 Å². The van der Waals surface area contributed by atoms with Gasteiger partial charge in [0.2, 0.25) is 0 Å². The lowest BCUT2D eigenvalue weighted by Crippen LogP contribution is -2.13. The van der Waals surface area contributed by atoms with Crippen LogP contribution in [0, 0.1) is 0 Å². The molecule has 63 heavy (non-hydrogen) atoms. The molecular formula is C60H63NO2. The molecule has 0 spiro atoms. The summed E-state index contributed by atoms with van der Waals surface area (Å²) in [5, 5.41) is 0.